The SMILES string of the molecule is CCCCCCC=C[C@H](CC(=O)O)C(=O)O. The first-order valence-corrected chi connectivity index (χ1v) is 5.69. The number of unbranched alkanes of at least 4 members (excludes halogenated alkanes) is 4. The Labute approximate surface area is 96.0 Å². The van der Waals surface area contributed by atoms with E-state index in [2.05, 4.69) is 6.92 Å². The van der Waals surface area contributed by atoms with E-state index in [1.54, 1.807) is 6.08 Å². The summed E-state index contributed by atoms with van der Waals surface area (Å²) in [5, 5.41) is 17.3. The smallest absolute Gasteiger partial charge is 0.310 e. The monoisotopic (exact) mass is 228 g/mol. The number of carboxylic acid groups (broad SMARTS) is 2. The van der Waals surface area contributed by atoms with Crippen molar-refractivity contribution in [1.29, 1.82) is 0 Å². The van der Waals surface area contributed by atoms with Gasteiger partial charge in [0.15, 0.2) is 0 Å². The van der Waals surface area contributed by atoms with Crippen molar-refractivity contribution in [2.75, 3.05) is 0 Å². The summed E-state index contributed by atoms with van der Waals surface area (Å²) in [5.74, 6) is -3.06. The molecule has 92 valence electrons. The number of aliphatic carboxylic acids is 2. The molecule has 0 aliphatic rings. The summed E-state index contributed by atoms with van der Waals surface area (Å²) < 4.78 is 0. The number of allylic oxidation sites excluding steroid dienone is 1. The molecule has 16 heavy (non-hydrogen) atoms. The Balaban J connectivity index is 3.85. The zero-order chi connectivity index (χ0) is 12.4. The van der Waals surface area contributed by atoms with Crippen molar-refractivity contribution in [2.24, 2.45) is 5.92 Å². The molecule has 0 unspecified atom stereocenters. The number of hydrogen-bond acceptors (Lipinski definition) is 2. The summed E-state index contributed by atoms with van der Waals surface area (Å²) in [4.78, 5) is 21.1. The second-order valence-corrected chi connectivity index (χ2v) is 3.82. The fourth-order valence-corrected chi connectivity index (χ4v) is 1.38. The minimum Gasteiger partial charge on any atom is -0.481 e. The van der Waals surface area contributed by atoms with Crippen LogP contribution < -0.4 is 0 Å². The first-order chi connectivity index (χ1) is 7.57. The van der Waals surface area contributed by atoms with Gasteiger partial charge in [-0.25, -0.2) is 0 Å². The molecule has 0 saturated carbocycles. The molecule has 0 aromatic heterocycles. The zero-order valence-corrected chi connectivity index (χ0v) is 9.69. The van der Waals surface area contributed by atoms with Gasteiger partial charge >= 0.3 is 11.9 Å². The Hall–Kier alpha value is -1.32. The van der Waals surface area contributed by atoms with Gasteiger partial charge in [0.05, 0.1) is 12.3 Å². The largest absolute Gasteiger partial charge is 0.481 e. The van der Waals surface area contributed by atoms with E-state index >= 15 is 0 Å². The Morgan fingerprint density at radius 2 is 1.88 bits per heavy atom. The summed E-state index contributed by atoms with van der Waals surface area (Å²) >= 11 is 0. The van der Waals surface area contributed by atoms with Crippen LogP contribution in [0.1, 0.15) is 45.4 Å². The number of carboxylic acids is 2. The Morgan fingerprint density at radius 1 is 1.19 bits per heavy atom. The highest BCUT2D eigenvalue weighted by atomic mass is 16.4. The van der Waals surface area contributed by atoms with Crippen LogP contribution in [0, 0.1) is 5.92 Å². The topological polar surface area (TPSA) is 74.6 Å². The molecule has 4 nitrogen and oxygen atoms in total. The summed E-state index contributed by atoms with van der Waals surface area (Å²) in [6, 6.07) is 0. The third-order valence-electron chi connectivity index (χ3n) is 2.30. The molecule has 2 N–H and O–H groups in total. The van der Waals surface area contributed by atoms with Gasteiger partial charge < -0.3 is 10.2 Å². The number of rotatable bonds is 9. The average molecular weight is 228 g/mol. The lowest BCUT2D eigenvalue weighted by atomic mass is 10.0. The van der Waals surface area contributed by atoms with Crippen molar-refractivity contribution in [3.63, 3.8) is 0 Å². The van der Waals surface area contributed by atoms with E-state index in [9.17, 15) is 9.59 Å². The van der Waals surface area contributed by atoms with Gasteiger partial charge in [-0.3, -0.25) is 9.59 Å². The highest BCUT2D eigenvalue weighted by Crippen LogP contribution is 2.08. The van der Waals surface area contributed by atoms with E-state index < -0.39 is 17.9 Å². The molecular weight excluding hydrogens is 208 g/mol. The van der Waals surface area contributed by atoms with Gasteiger partial charge in [-0.05, 0) is 12.8 Å². The minimum absolute atomic E-state index is 0.346. The fraction of sp³-hybridized carbons (Fsp3) is 0.667. The maximum absolute atomic E-state index is 10.7. The first-order valence-electron chi connectivity index (χ1n) is 5.69. The second kappa shape index (κ2) is 8.95. The van der Waals surface area contributed by atoms with Gasteiger partial charge in [-0.2, -0.15) is 0 Å². The third kappa shape index (κ3) is 8.03. The standard InChI is InChI=1S/C12H20O4/c1-2-3-4-5-6-7-8-10(12(15)16)9-11(13)14/h7-8,10H,2-6,9H2,1H3,(H,13,14)(H,15,16)/t10-/m1/s1. The third-order valence-corrected chi connectivity index (χ3v) is 2.30. The maximum Gasteiger partial charge on any atom is 0.310 e. The molecule has 0 aliphatic heterocycles. The molecule has 0 aliphatic carbocycles. The van der Waals surface area contributed by atoms with Crippen LogP contribution in [0.5, 0.6) is 0 Å². The molecule has 0 fully saturated rings. The molecule has 0 spiro atoms. The molecule has 1 atom stereocenters. The van der Waals surface area contributed by atoms with Crippen molar-refractivity contribution in [1.82, 2.24) is 0 Å². The molecule has 0 amide bonds. The van der Waals surface area contributed by atoms with Gasteiger partial charge in [0, 0.05) is 0 Å². The van der Waals surface area contributed by atoms with Gasteiger partial charge in [-0.15, -0.1) is 0 Å². The molecule has 0 aromatic rings. The van der Waals surface area contributed by atoms with Crippen LogP contribution in [0.25, 0.3) is 0 Å². The zero-order valence-electron chi connectivity index (χ0n) is 9.69. The molecule has 0 heterocycles. The summed E-state index contributed by atoms with van der Waals surface area (Å²) in [6.45, 7) is 2.13. The highest BCUT2D eigenvalue weighted by molar-refractivity contribution is 5.79. The lowest BCUT2D eigenvalue weighted by Gasteiger charge is -2.03. The predicted octanol–water partition coefficient (Wildman–Crippen LogP) is 2.69. The normalized spacial score (nSPS) is 12.8. The summed E-state index contributed by atoms with van der Waals surface area (Å²) in [6.07, 6.45) is 8.26. The van der Waals surface area contributed by atoms with E-state index in [1.807, 2.05) is 0 Å². The van der Waals surface area contributed by atoms with Crippen LogP contribution in [-0.2, 0) is 9.59 Å². The average Bonchev–Trinajstić information content (AvgIpc) is 2.20. The van der Waals surface area contributed by atoms with Crippen molar-refractivity contribution in [2.45, 2.75) is 45.4 Å². The van der Waals surface area contributed by atoms with Gasteiger partial charge in [0.2, 0.25) is 0 Å². The molecule has 0 radical (unpaired) electrons. The Bertz CT molecular complexity index is 245. The van der Waals surface area contributed by atoms with E-state index in [-0.39, 0.29) is 6.42 Å². The fourth-order valence-electron chi connectivity index (χ4n) is 1.38. The van der Waals surface area contributed by atoms with Crippen LogP contribution in [0.4, 0.5) is 0 Å². The van der Waals surface area contributed by atoms with Gasteiger partial charge in [-0.1, -0.05) is 38.3 Å². The van der Waals surface area contributed by atoms with Crippen molar-refractivity contribution in [3.8, 4) is 0 Å². The number of hydrogen-bond donors (Lipinski definition) is 2. The minimum atomic E-state index is -1.08. The molecular formula is C12H20O4. The summed E-state index contributed by atoms with van der Waals surface area (Å²) in [5.41, 5.74) is 0. The molecule has 0 bridgehead atoms. The Kier molecular flexibility index (Phi) is 8.21. The number of carbonyl (C=O) groups is 2. The van der Waals surface area contributed by atoms with Crippen molar-refractivity contribution < 1.29 is 19.8 Å². The van der Waals surface area contributed by atoms with E-state index in [0.717, 1.165) is 19.3 Å². The lowest BCUT2D eigenvalue weighted by molar-refractivity contribution is -0.146. The molecule has 0 saturated heterocycles. The van der Waals surface area contributed by atoms with Crippen LogP contribution in [-0.4, -0.2) is 22.2 Å². The predicted molar refractivity (Wildman–Crippen MR) is 61.3 cm³/mol. The molecule has 0 aromatic carbocycles. The van der Waals surface area contributed by atoms with E-state index in [1.165, 1.54) is 18.9 Å². The van der Waals surface area contributed by atoms with E-state index in [0.29, 0.717) is 0 Å². The van der Waals surface area contributed by atoms with Crippen LogP contribution >= 0.6 is 0 Å². The molecule has 0 rings (SSSR count). The maximum atomic E-state index is 10.7. The second-order valence-electron chi connectivity index (χ2n) is 3.82. The van der Waals surface area contributed by atoms with Gasteiger partial charge in [0.1, 0.15) is 0 Å². The Morgan fingerprint density at radius 3 is 2.38 bits per heavy atom. The van der Waals surface area contributed by atoms with Crippen LogP contribution in [0.2, 0.25) is 0 Å². The summed E-state index contributed by atoms with van der Waals surface area (Å²) in [7, 11) is 0. The van der Waals surface area contributed by atoms with Crippen LogP contribution in [0.15, 0.2) is 12.2 Å². The van der Waals surface area contributed by atoms with Crippen molar-refractivity contribution >= 4 is 11.9 Å². The lowest BCUT2D eigenvalue weighted by Crippen LogP contribution is -2.15. The first kappa shape index (κ1) is 14.7. The van der Waals surface area contributed by atoms with Crippen molar-refractivity contribution in [3.05, 3.63) is 12.2 Å². The van der Waals surface area contributed by atoms with Crippen LogP contribution in [0.3, 0.4) is 0 Å². The quantitative estimate of drug-likeness (QED) is 0.470. The molecule has 4 heteroatoms. The highest BCUT2D eigenvalue weighted by Gasteiger charge is 2.17. The van der Waals surface area contributed by atoms with Gasteiger partial charge in [0.25, 0.3) is 0 Å². The van der Waals surface area contributed by atoms with E-state index in [4.69, 9.17) is 10.2 Å².